The molecule has 0 fully saturated rings. The zero-order chi connectivity index (χ0) is 14.9. The minimum absolute atomic E-state index is 0.260. The van der Waals surface area contributed by atoms with E-state index in [2.05, 4.69) is 20.2 Å². The molecule has 0 aliphatic carbocycles. The predicted molar refractivity (Wildman–Crippen MR) is 79.2 cm³/mol. The summed E-state index contributed by atoms with van der Waals surface area (Å²) < 4.78 is 6.71. The molecular weight excluding hydrogens is 282 g/mol. The largest absolute Gasteiger partial charge is 0.420 e. The predicted octanol–water partition coefficient (Wildman–Crippen LogP) is 1.82. The number of nitrogens with one attached hydrogen (secondary N) is 1. The molecule has 0 bridgehead atoms. The van der Waals surface area contributed by atoms with Crippen molar-refractivity contribution in [3.8, 4) is 11.5 Å². The van der Waals surface area contributed by atoms with E-state index in [1.807, 2.05) is 36.4 Å². The van der Waals surface area contributed by atoms with Crippen LogP contribution in [0, 0.1) is 0 Å². The molecule has 0 aliphatic heterocycles. The highest BCUT2D eigenvalue weighted by molar-refractivity contribution is 5.72. The second-order valence-electron chi connectivity index (χ2n) is 4.74. The molecule has 7 heteroatoms. The fraction of sp³-hybridized carbons (Fsp3) is 0.0667. The van der Waals surface area contributed by atoms with Crippen LogP contribution in [0.15, 0.2) is 57.9 Å². The summed E-state index contributed by atoms with van der Waals surface area (Å²) in [7, 11) is 0. The van der Waals surface area contributed by atoms with Crippen LogP contribution in [0.1, 0.15) is 5.82 Å². The molecule has 108 valence electrons. The molecule has 1 aromatic carbocycles. The van der Waals surface area contributed by atoms with Crippen molar-refractivity contribution in [3.05, 3.63) is 65.0 Å². The highest BCUT2D eigenvalue weighted by atomic mass is 16.4. The van der Waals surface area contributed by atoms with Gasteiger partial charge in [0.25, 0.3) is 0 Å². The van der Waals surface area contributed by atoms with Gasteiger partial charge in [0.2, 0.25) is 0 Å². The summed E-state index contributed by atoms with van der Waals surface area (Å²) in [6.45, 7) is 0.260. The van der Waals surface area contributed by atoms with Gasteiger partial charge in [-0.1, -0.05) is 18.2 Å². The Bertz CT molecular complexity index is 984. The van der Waals surface area contributed by atoms with Gasteiger partial charge in [-0.05, 0) is 24.3 Å². The van der Waals surface area contributed by atoms with Crippen LogP contribution in [0.25, 0.3) is 22.6 Å². The number of oxazole rings is 1. The number of rotatable bonds is 3. The van der Waals surface area contributed by atoms with Crippen molar-refractivity contribution >= 4 is 11.1 Å². The van der Waals surface area contributed by atoms with Crippen LogP contribution in [-0.4, -0.2) is 24.7 Å². The van der Waals surface area contributed by atoms with Crippen molar-refractivity contribution in [1.29, 1.82) is 0 Å². The molecule has 0 saturated carbocycles. The third kappa shape index (κ3) is 2.08. The third-order valence-corrected chi connectivity index (χ3v) is 3.31. The van der Waals surface area contributed by atoms with Crippen LogP contribution >= 0.6 is 0 Å². The lowest BCUT2D eigenvalue weighted by Crippen LogP contribution is -2.15. The van der Waals surface area contributed by atoms with E-state index in [4.69, 9.17) is 4.42 Å². The van der Waals surface area contributed by atoms with Crippen molar-refractivity contribution in [2.45, 2.75) is 6.54 Å². The van der Waals surface area contributed by atoms with Crippen molar-refractivity contribution in [3.63, 3.8) is 0 Å². The van der Waals surface area contributed by atoms with Crippen molar-refractivity contribution < 1.29 is 4.42 Å². The summed E-state index contributed by atoms with van der Waals surface area (Å²) in [6.07, 6.45) is 1.68. The highest BCUT2D eigenvalue weighted by Crippen LogP contribution is 2.14. The monoisotopic (exact) mass is 293 g/mol. The molecule has 0 spiro atoms. The van der Waals surface area contributed by atoms with E-state index in [1.54, 1.807) is 12.3 Å². The van der Waals surface area contributed by atoms with Gasteiger partial charge >= 0.3 is 5.76 Å². The first-order valence-electron chi connectivity index (χ1n) is 6.72. The van der Waals surface area contributed by atoms with Crippen molar-refractivity contribution in [2.24, 2.45) is 0 Å². The van der Waals surface area contributed by atoms with Gasteiger partial charge in [0, 0.05) is 6.20 Å². The number of benzene rings is 1. The maximum absolute atomic E-state index is 11.9. The second kappa shape index (κ2) is 4.96. The second-order valence-corrected chi connectivity index (χ2v) is 4.74. The van der Waals surface area contributed by atoms with Gasteiger partial charge in [0.05, 0.1) is 12.1 Å². The fourth-order valence-electron chi connectivity index (χ4n) is 2.29. The Kier molecular flexibility index (Phi) is 2.82. The van der Waals surface area contributed by atoms with Gasteiger partial charge in [-0.25, -0.2) is 9.78 Å². The number of aromatic amines is 1. The minimum Gasteiger partial charge on any atom is -0.408 e. The van der Waals surface area contributed by atoms with E-state index < -0.39 is 5.76 Å². The highest BCUT2D eigenvalue weighted by Gasteiger charge is 2.12. The number of hydrogen-bond acceptors (Lipinski definition) is 5. The number of hydrogen-bond donors (Lipinski definition) is 1. The maximum atomic E-state index is 11.9. The van der Waals surface area contributed by atoms with E-state index in [0.29, 0.717) is 22.9 Å². The molecule has 7 nitrogen and oxygen atoms in total. The van der Waals surface area contributed by atoms with Crippen molar-refractivity contribution in [2.75, 3.05) is 0 Å². The number of H-pyrrole nitrogens is 1. The number of pyridine rings is 1. The van der Waals surface area contributed by atoms with Gasteiger partial charge in [-0.2, -0.15) is 5.10 Å². The average Bonchev–Trinajstić information content (AvgIpc) is 3.14. The summed E-state index contributed by atoms with van der Waals surface area (Å²) in [6, 6.07) is 12.8. The minimum atomic E-state index is -0.419. The molecule has 4 rings (SSSR count). The third-order valence-electron chi connectivity index (χ3n) is 3.31. The Hall–Kier alpha value is -3.22. The molecule has 0 saturated heterocycles. The molecule has 3 heterocycles. The zero-order valence-electron chi connectivity index (χ0n) is 11.4. The summed E-state index contributed by atoms with van der Waals surface area (Å²) in [5.41, 5.74) is 1.95. The summed E-state index contributed by atoms with van der Waals surface area (Å²) >= 11 is 0. The lowest BCUT2D eigenvalue weighted by Gasteiger charge is -1.97. The van der Waals surface area contributed by atoms with E-state index >= 15 is 0 Å². The Balaban J connectivity index is 1.71. The van der Waals surface area contributed by atoms with E-state index in [0.717, 1.165) is 5.52 Å². The van der Waals surface area contributed by atoms with Crippen LogP contribution in [-0.2, 0) is 6.54 Å². The number of nitrogens with zero attached hydrogens (tertiary/aromatic N) is 4. The molecule has 22 heavy (non-hydrogen) atoms. The normalized spacial score (nSPS) is 11.1. The molecule has 4 aromatic rings. The van der Waals surface area contributed by atoms with Gasteiger partial charge in [0.15, 0.2) is 11.4 Å². The molecule has 0 unspecified atom stereocenters. The molecule has 1 N–H and O–H groups in total. The fourth-order valence-corrected chi connectivity index (χ4v) is 2.29. The lowest BCUT2D eigenvalue weighted by molar-refractivity contribution is 0.514. The van der Waals surface area contributed by atoms with Crippen LogP contribution in [0.2, 0.25) is 0 Å². The first kappa shape index (κ1) is 12.5. The molecule has 0 radical (unpaired) electrons. The van der Waals surface area contributed by atoms with E-state index in [9.17, 15) is 4.79 Å². The topological polar surface area (TPSA) is 89.6 Å². The van der Waals surface area contributed by atoms with Gasteiger partial charge in [0.1, 0.15) is 11.5 Å². The molecule has 0 aliphatic rings. The first-order valence-corrected chi connectivity index (χ1v) is 6.72. The van der Waals surface area contributed by atoms with Gasteiger partial charge in [-0.3, -0.25) is 14.6 Å². The first-order chi connectivity index (χ1) is 10.8. The molecule has 0 atom stereocenters. The Labute approximate surface area is 124 Å². The number of para-hydroxylation sites is 2. The Morgan fingerprint density at radius 2 is 2.00 bits per heavy atom. The van der Waals surface area contributed by atoms with E-state index in [1.165, 1.54) is 4.57 Å². The Morgan fingerprint density at radius 1 is 1.14 bits per heavy atom. The standard InChI is InChI=1S/C15H11N5O2/c21-15-20(11-6-1-2-7-12(11)22-15)9-13-17-14(19-18-13)10-5-3-4-8-16-10/h1-8H,9H2,(H,17,18,19). The molecule has 0 amide bonds. The summed E-state index contributed by atoms with van der Waals surface area (Å²) in [5, 5.41) is 6.96. The van der Waals surface area contributed by atoms with Gasteiger partial charge in [-0.15, -0.1) is 0 Å². The smallest absolute Gasteiger partial charge is 0.408 e. The van der Waals surface area contributed by atoms with Crippen molar-refractivity contribution in [1.82, 2.24) is 24.7 Å². The quantitative estimate of drug-likeness (QED) is 0.622. The van der Waals surface area contributed by atoms with Crippen LogP contribution in [0.5, 0.6) is 0 Å². The molecular formula is C15H11N5O2. The number of aromatic nitrogens is 5. The Morgan fingerprint density at radius 3 is 2.86 bits per heavy atom. The summed E-state index contributed by atoms with van der Waals surface area (Å²) in [4.78, 5) is 20.5. The summed E-state index contributed by atoms with van der Waals surface area (Å²) in [5.74, 6) is 0.641. The van der Waals surface area contributed by atoms with Crippen LogP contribution < -0.4 is 5.76 Å². The van der Waals surface area contributed by atoms with Crippen LogP contribution in [0.3, 0.4) is 0 Å². The zero-order valence-corrected chi connectivity index (χ0v) is 11.4. The maximum Gasteiger partial charge on any atom is 0.420 e. The lowest BCUT2D eigenvalue weighted by atomic mass is 10.3. The average molecular weight is 293 g/mol. The van der Waals surface area contributed by atoms with E-state index in [-0.39, 0.29) is 6.54 Å². The molecule has 3 aromatic heterocycles. The number of fused-ring (bicyclic) bond motifs is 1. The SMILES string of the molecule is O=c1oc2ccccc2n1Cc1nc(-c2ccccn2)n[nH]1. The van der Waals surface area contributed by atoms with Crippen LogP contribution in [0.4, 0.5) is 0 Å². The van der Waals surface area contributed by atoms with Gasteiger partial charge < -0.3 is 4.42 Å².